The summed E-state index contributed by atoms with van der Waals surface area (Å²) in [6.45, 7) is 1.93. The summed E-state index contributed by atoms with van der Waals surface area (Å²) in [5.41, 5.74) is 0.772. The van der Waals surface area contributed by atoms with Gasteiger partial charge in [-0.15, -0.1) is 0 Å². The van der Waals surface area contributed by atoms with Crippen LogP contribution in [0.3, 0.4) is 0 Å². The van der Waals surface area contributed by atoms with Gasteiger partial charge in [-0.05, 0) is 48.4 Å². The molecule has 1 heterocycles. The van der Waals surface area contributed by atoms with E-state index in [0.717, 1.165) is 41.1 Å². The summed E-state index contributed by atoms with van der Waals surface area (Å²) in [6.07, 6.45) is -3.74. The number of halogens is 3. The standard InChI is InChI=1S/C17H12F3NO2/c1-2-10-3-8-13-14(9-10)16(23)21(15(13)22)12-6-4-11(5-7-12)17(18,19)20/h3-9H,2H2,1H3. The molecule has 2 amide bonds. The van der Waals surface area contributed by atoms with Gasteiger partial charge in [-0.3, -0.25) is 9.59 Å². The maximum Gasteiger partial charge on any atom is 0.416 e. The molecule has 3 nitrogen and oxygen atoms in total. The number of hydrogen-bond donors (Lipinski definition) is 0. The number of benzene rings is 2. The van der Waals surface area contributed by atoms with E-state index in [1.54, 1.807) is 18.2 Å². The van der Waals surface area contributed by atoms with Crippen LogP contribution in [0.1, 0.15) is 38.8 Å². The zero-order valence-corrected chi connectivity index (χ0v) is 12.1. The summed E-state index contributed by atoms with van der Waals surface area (Å²) in [6, 6.07) is 8.97. The van der Waals surface area contributed by atoms with Gasteiger partial charge in [-0.1, -0.05) is 13.0 Å². The molecule has 2 aromatic carbocycles. The molecule has 0 saturated heterocycles. The second-order valence-electron chi connectivity index (χ2n) is 5.22. The second kappa shape index (κ2) is 5.22. The highest BCUT2D eigenvalue weighted by atomic mass is 19.4. The molecule has 0 aliphatic carbocycles. The fourth-order valence-corrected chi connectivity index (χ4v) is 2.54. The van der Waals surface area contributed by atoms with E-state index in [0.29, 0.717) is 0 Å². The molecule has 3 rings (SSSR count). The molecular weight excluding hydrogens is 307 g/mol. The lowest BCUT2D eigenvalue weighted by Crippen LogP contribution is -2.29. The number of nitrogens with zero attached hydrogens (tertiary/aromatic N) is 1. The van der Waals surface area contributed by atoms with Crippen molar-refractivity contribution in [3.05, 3.63) is 64.7 Å². The van der Waals surface area contributed by atoms with Crippen molar-refractivity contribution in [1.82, 2.24) is 0 Å². The number of fused-ring (bicyclic) bond motifs is 1. The van der Waals surface area contributed by atoms with E-state index in [4.69, 9.17) is 0 Å². The van der Waals surface area contributed by atoms with Gasteiger partial charge in [-0.25, -0.2) is 4.90 Å². The lowest BCUT2D eigenvalue weighted by Gasteiger charge is -2.15. The van der Waals surface area contributed by atoms with Gasteiger partial charge in [0.05, 0.1) is 22.4 Å². The van der Waals surface area contributed by atoms with Crippen molar-refractivity contribution in [1.29, 1.82) is 0 Å². The van der Waals surface area contributed by atoms with Crippen LogP contribution >= 0.6 is 0 Å². The van der Waals surface area contributed by atoms with Crippen LogP contribution in [-0.4, -0.2) is 11.8 Å². The number of carbonyl (C=O) groups excluding carboxylic acids is 2. The van der Waals surface area contributed by atoms with Gasteiger partial charge >= 0.3 is 6.18 Å². The summed E-state index contributed by atoms with van der Waals surface area (Å²) >= 11 is 0. The highest BCUT2D eigenvalue weighted by molar-refractivity contribution is 6.34. The molecule has 1 aliphatic rings. The van der Waals surface area contributed by atoms with Crippen LogP contribution in [-0.2, 0) is 12.6 Å². The van der Waals surface area contributed by atoms with E-state index in [1.807, 2.05) is 6.92 Å². The quantitative estimate of drug-likeness (QED) is 0.783. The minimum absolute atomic E-state index is 0.127. The molecule has 118 valence electrons. The largest absolute Gasteiger partial charge is 0.416 e. The summed E-state index contributed by atoms with van der Waals surface area (Å²) < 4.78 is 37.8. The van der Waals surface area contributed by atoms with Crippen LogP contribution in [0.15, 0.2) is 42.5 Å². The molecule has 0 radical (unpaired) electrons. The molecule has 0 unspecified atom stereocenters. The number of hydrogen-bond acceptors (Lipinski definition) is 2. The van der Waals surface area contributed by atoms with Gasteiger partial charge in [0.25, 0.3) is 11.8 Å². The van der Waals surface area contributed by atoms with E-state index in [2.05, 4.69) is 0 Å². The van der Waals surface area contributed by atoms with Crippen molar-refractivity contribution in [3.8, 4) is 0 Å². The molecule has 0 saturated carbocycles. The first-order chi connectivity index (χ1) is 10.8. The van der Waals surface area contributed by atoms with E-state index >= 15 is 0 Å². The summed E-state index contributed by atoms with van der Waals surface area (Å²) in [5.74, 6) is -1.03. The van der Waals surface area contributed by atoms with Crippen molar-refractivity contribution in [3.63, 3.8) is 0 Å². The Morgan fingerprint density at radius 2 is 1.52 bits per heavy atom. The van der Waals surface area contributed by atoms with Crippen molar-refractivity contribution >= 4 is 17.5 Å². The Balaban J connectivity index is 1.99. The Labute approximate surface area is 130 Å². The zero-order valence-electron chi connectivity index (χ0n) is 12.1. The molecule has 0 N–H and O–H groups in total. The lowest BCUT2D eigenvalue weighted by atomic mass is 10.0. The number of imide groups is 1. The zero-order chi connectivity index (χ0) is 16.8. The minimum atomic E-state index is -4.46. The molecule has 0 atom stereocenters. The van der Waals surface area contributed by atoms with Crippen LogP contribution in [0.2, 0.25) is 0 Å². The van der Waals surface area contributed by atoms with Gasteiger partial charge in [0.2, 0.25) is 0 Å². The van der Waals surface area contributed by atoms with Gasteiger partial charge in [0, 0.05) is 0 Å². The number of anilines is 1. The molecule has 23 heavy (non-hydrogen) atoms. The van der Waals surface area contributed by atoms with Crippen LogP contribution in [0.5, 0.6) is 0 Å². The molecule has 0 spiro atoms. The predicted molar refractivity (Wildman–Crippen MR) is 78.4 cm³/mol. The van der Waals surface area contributed by atoms with E-state index in [1.165, 1.54) is 0 Å². The normalized spacial score (nSPS) is 14.3. The Hall–Kier alpha value is -2.63. The maximum absolute atomic E-state index is 12.6. The average Bonchev–Trinajstić information content (AvgIpc) is 2.77. The monoisotopic (exact) mass is 319 g/mol. The molecule has 6 heteroatoms. The predicted octanol–water partition coefficient (Wildman–Crippen LogP) is 4.07. The number of amides is 2. The third-order valence-electron chi connectivity index (χ3n) is 3.81. The fraction of sp³-hybridized carbons (Fsp3) is 0.176. The number of aryl methyl sites for hydroxylation is 1. The first-order valence-electron chi connectivity index (χ1n) is 7.02. The van der Waals surface area contributed by atoms with Crippen molar-refractivity contribution in [2.24, 2.45) is 0 Å². The first kappa shape index (κ1) is 15.3. The lowest BCUT2D eigenvalue weighted by molar-refractivity contribution is -0.137. The third-order valence-corrected chi connectivity index (χ3v) is 3.81. The van der Waals surface area contributed by atoms with Crippen molar-refractivity contribution in [2.45, 2.75) is 19.5 Å². The van der Waals surface area contributed by atoms with Crippen LogP contribution in [0, 0.1) is 0 Å². The molecular formula is C17H12F3NO2. The summed E-state index contributed by atoms with van der Waals surface area (Å²) in [5, 5.41) is 0. The van der Waals surface area contributed by atoms with E-state index in [-0.39, 0.29) is 16.8 Å². The topological polar surface area (TPSA) is 37.4 Å². The van der Waals surface area contributed by atoms with Crippen LogP contribution < -0.4 is 4.90 Å². The molecule has 0 bridgehead atoms. The van der Waals surface area contributed by atoms with Crippen LogP contribution in [0.4, 0.5) is 18.9 Å². The Kier molecular flexibility index (Phi) is 3.47. The molecule has 0 aromatic heterocycles. The van der Waals surface area contributed by atoms with Gasteiger partial charge in [0.1, 0.15) is 0 Å². The maximum atomic E-state index is 12.6. The second-order valence-corrected chi connectivity index (χ2v) is 5.22. The minimum Gasteiger partial charge on any atom is -0.268 e. The Bertz CT molecular complexity index is 794. The average molecular weight is 319 g/mol. The molecule has 1 aliphatic heterocycles. The van der Waals surface area contributed by atoms with Gasteiger partial charge in [0.15, 0.2) is 0 Å². The Morgan fingerprint density at radius 1 is 0.913 bits per heavy atom. The summed E-state index contributed by atoms with van der Waals surface area (Å²) in [7, 11) is 0. The van der Waals surface area contributed by atoms with Gasteiger partial charge < -0.3 is 0 Å². The van der Waals surface area contributed by atoms with E-state index in [9.17, 15) is 22.8 Å². The Morgan fingerprint density at radius 3 is 2.09 bits per heavy atom. The van der Waals surface area contributed by atoms with Crippen molar-refractivity contribution in [2.75, 3.05) is 4.90 Å². The third kappa shape index (κ3) is 2.50. The first-order valence-corrected chi connectivity index (χ1v) is 7.02. The number of carbonyl (C=O) groups is 2. The van der Waals surface area contributed by atoms with Gasteiger partial charge in [-0.2, -0.15) is 13.2 Å². The number of rotatable bonds is 2. The van der Waals surface area contributed by atoms with Crippen LogP contribution in [0.25, 0.3) is 0 Å². The SMILES string of the molecule is CCc1ccc2c(c1)C(=O)N(c1ccc(C(F)(F)F)cc1)C2=O. The van der Waals surface area contributed by atoms with E-state index < -0.39 is 23.6 Å². The fourth-order valence-electron chi connectivity index (χ4n) is 2.54. The van der Waals surface area contributed by atoms with Crippen molar-refractivity contribution < 1.29 is 22.8 Å². The summed E-state index contributed by atoms with van der Waals surface area (Å²) in [4.78, 5) is 25.7. The highest BCUT2D eigenvalue weighted by Crippen LogP contribution is 2.33. The highest BCUT2D eigenvalue weighted by Gasteiger charge is 2.37. The smallest absolute Gasteiger partial charge is 0.268 e. The number of alkyl halides is 3. The molecule has 0 fully saturated rings. The molecule has 2 aromatic rings.